The summed E-state index contributed by atoms with van der Waals surface area (Å²) < 4.78 is 5.43. The van der Waals surface area contributed by atoms with Crippen LogP contribution in [0.25, 0.3) is 10.9 Å². The van der Waals surface area contributed by atoms with E-state index >= 15 is 0 Å². The molecule has 0 aliphatic heterocycles. The number of hydrogen-bond donors (Lipinski definition) is 2. The lowest BCUT2D eigenvalue weighted by atomic mass is 10.0. The Balaban J connectivity index is 1.87. The summed E-state index contributed by atoms with van der Waals surface area (Å²) in [5.41, 5.74) is 5.48. The number of aromatic amines is 1. The van der Waals surface area contributed by atoms with E-state index in [2.05, 4.69) is 4.98 Å². The number of primary amides is 1. The van der Waals surface area contributed by atoms with Gasteiger partial charge in [0.2, 0.25) is 0 Å². The monoisotopic (exact) mass is 272 g/mol. The first kappa shape index (κ1) is 12.7. The largest absolute Gasteiger partial charge is 0.444 e. The molecule has 0 radical (unpaired) electrons. The third-order valence-corrected chi connectivity index (χ3v) is 3.90. The van der Waals surface area contributed by atoms with E-state index in [-0.39, 0.29) is 0 Å². The van der Waals surface area contributed by atoms with E-state index in [4.69, 9.17) is 10.5 Å². The second-order valence-corrected chi connectivity index (χ2v) is 5.23. The van der Waals surface area contributed by atoms with Gasteiger partial charge < -0.3 is 15.5 Å². The molecule has 0 saturated heterocycles. The number of aromatic nitrogens is 1. The van der Waals surface area contributed by atoms with Gasteiger partial charge in [-0.2, -0.15) is 0 Å². The van der Waals surface area contributed by atoms with Gasteiger partial charge in [-0.15, -0.1) is 0 Å². The fourth-order valence-corrected chi connectivity index (χ4v) is 2.76. The Bertz CT molecular complexity index is 636. The van der Waals surface area contributed by atoms with Crippen LogP contribution in [0, 0.1) is 0 Å². The number of carbonyl (C=O) groups excluding carboxylic acids is 2. The highest BCUT2D eigenvalue weighted by molar-refractivity contribution is 5.97. The maximum atomic E-state index is 12.2. The molecule has 5 nitrogen and oxygen atoms in total. The van der Waals surface area contributed by atoms with Crippen molar-refractivity contribution in [1.29, 1.82) is 0 Å². The van der Waals surface area contributed by atoms with Gasteiger partial charge in [-0.25, -0.2) is 4.79 Å². The fourth-order valence-electron chi connectivity index (χ4n) is 2.76. The highest BCUT2D eigenvalue weighted by Crippen LogP contribution is 2.33. The molecule has 3 N–H and O–H groups in total. The minimum atomic E-state index is -1.13. The third-order valence-electron chi connectivity index (χ3n) is 3.90. The van der Waals surface area contributed by atoms with Gasteiger partial charge >= 0.3 is 5.97 Å². The lowest BCUT2D eigenvalue weighted by Crippen LogP contribution is -2.45. The molecule has 0 atom stereocenters. The number of carbonyl (C=O) groups is 2. The van der Waals surface area contributed by atoms with E-state index < -0.39 is 17.5 Å². The first-order valence-electron chi connectivity index (χ1n) is 6.72. The molecule has 2 aromatic rings. The second-order valence-electron chi connectivity index (χ2n) is 5.23. The van der Waals surface area contributed by atoms with Gasteiger partial charge in [-0.05, 0) is 37.8 Å². The van der Waals surface area contributed by atoms with E-state index in [0.29, 0.717) is 18.5 Å². The maximum Gasteiger partial charge on any atom is 0.355 e. The number of nitrogens with two attached hydrogens (primary N) is 1. The Labute approximate surface area is 116 Å². The van der Waals surface area contributed by atoms with Crippen LogP contribution in [0.2, 0.25) is 0 Å². The van der Waals surface area contributed by atoms with Crippen molar-refractivity contribution < 1.29 is 14.3 Å². The zero-order valence-corrected chi connectivity index (χ0v) is 11.0. The molecule has 1 saturated carbocycles. The van der Waals surface area contributed by atoms with Crippen LogP contribution in [0.4, 0.5) is 0 Å². The summed E-state index contributed by atoms with van der Waals surface area (Å²) in [5.74, 6) is -1.08. The highest BCUT2D eigenvalue weighted by Gasteiger charge is 2.43. The quantitative estimate of drug-likeness (QED) is 0.839. The molecule has 1 amide bonds. The molecule has 0 spiro atoms. The average molecular weight is 272 g/mol. The van der Waals surface area contributed by atoms with Gasteiger partial charge in [-0.1, -0.05) is 18.2 Å². The maximum absolute atomic E-state index is 12.2. The van der Waals surface area contributed by atoms with Crippen molar-refractivity contribution in [3.8, 4) is 0 Å². The number of benzene rings is 1. The normalized spacial score (nSPS) is 17.2. The predicted molar refractivity (Wildman–Crippen MR) is 74.1 cm³/mol. The van der Waals surface area contributed by atoms with E-state index in [0.717, 1.165) is 23.7 Å². The Hall–Kier alpha value is -2.30. The number of amides is 1. The van der Waals surface area contributed by atoms with Crippen LogP contribution in [-0.2, 0) is 9.53 Å². The van der Waals surface area contributed by atoms with Gasteiger partial charge in [0.05, 0.1) is 0 Å². The smallest absolute Gasteiger partial charge is 0.355 e. The van der Waals surface area contributed by atoms with Gasteiger partial charge in [0.15, 0.2) is 5.60 Å². The minimum Gasteiger partial charge on any atom is -0.444 e. The summed E-state index contributed by atoms with van der Waals surface area (Å²) in [4.78, 5) is 26.8. The van der Waals surface area contributed by atoms with E-state index in [1.807, 2.05) is 24.3 Å². The Morgan fingerprint density at radius 3 is 2.55 bits per heavy atom. The Morgan fingerprint density at radius 2 is 1.90 bits per heavy atom. The summed E-state index contributed by atoms with van der Waals surface area (Å²) in [6.45, 7) is 0. The summed E-state index contributed by atoms with van der Waals surface area (Å²) in [5, 5.41) is 0.930. The SMILES string of the molecule is NC(=O)C1(OC(=O)c2cc3ccccc3[nH]2)CCCC1. The minimum absolute atomic E-state index is 0.346. The van der Waals surface area contributed by atoms with E-state index in [9.17, 15) is 9.59 Å². The van der Waals surface area contributed by atoms with Crippen molar-refractivity contribution in [2.75, 3.05) is 0 Å². The van der Waals surface area contributed by atoms with Crippen molar-refractivity contribution in [3.05, 3.63) is 36.0 Å². The highest BCUT2D eigenvalue weighted by atomic mass is 16.6. The molecule has 104 valence electrons. The molecular weight excluding hydrogens is 256 g/mol. The summed E-state index contributed by atoms with van der Waals surface area (Å²) >= 11 is 0. The number of hydrogen-bond acceptors (Lipinski definition) is 3. The van der Waals surface area contributed by atoms with Crippen molar-refractivity contribution in [2.24, 2.45) is 5.73 Å². The zero-order valence-electron chi connectivity index (χ0n) is 11.0. The van der Waals surface area contributed by atoms with Gasteiger partial charge in [0.1, 0.15) is 5.69 Å². The van der Waals surface area contributed by atoms with Gasteiger partial charge in [0, 0.05) is 10.9 Å². The predicted octanol–water partition coefficient (Wildman–Crippen LogP) is 2.12. The topological polar surface area (TPSA) is 85.2 Å². The van der Waals surface area contributed by atoms with Crippen molar-refractivity contribution in [3.63, 3.8) is 0 Å². The fraction of sp³-hybridized carbons (Fsp3) is 0.333. The average Bonchev–Trinajstić information content (AvgIpc) is 3.05. The first-order chi connectivity index (χ1) is 9.61. The van der Waals surface area contributed by atoms with Crippen molar-refractivity contribution >= 4 is 22.8 Å². The standard InChI is InChI=1S/C15H16N2O3/c16-14(19)15(7-3-4-8-15)20-13(18)12-9-10-5-1-2-6-11(10)17-12/h1-2,5-6,9,17H,3-4,7-8H2,(H2,16,19). The summed E-state index contributed by atoms with van der Waals surface area (Å²) in [6.07, 6.45) is 2.72. The molecule has 20 heavy (non-hydrogen) atoms. The molecule has 0 bridgehead atoms. The number of H-pyrrole nitrogens is 1. The summed E-state index contributed by atoms with van der Waals surface area (Å²) in [6, 6.07) is 9.29. The molecule has 3 rings (SSSR count). The van der Waals surface area contributed by atoms with Crippen molar-refractivity contribution in [2.45, 2.75) is 31.3 Å². The van der Waals surface area contributed by atoms with E-state index in [1.165, 1.54) is 0 Å². The Kier molecular flexibility index (Phi) is 2.97. The third kappa shape index (κ3) is 2.05. The molecule has 1 fully saturated rings. The molecular formula is C15H16N2O3. The van der Waals surface area contributed by atoms with Crippen molar-refractivity contribution in [1.82, 2.24) is 4.98 Å². The molecule has 1 aromatic heterocycles. The van der Waals surface area contributed by atoms with Gasteiger partial charge in [0.25, 0.3) is 5.91 Å². The molecule has 1 aliphatic rings. The van der Waals surface area contributed by atoms with Crippen LogP contribution in [0.5, 0.6) is 0 Å². The molecule has 1 aliphatic carbocycles. The number of nitrogens with one attached hydrogen (secondary N) is 1. The molecule has 0 unspecified atom stereocenters. The van der Waals surface area contributed by atoms with Crippen LogP contribution < -0.4 is 5.73 Å². The lowest BCUT2D eigenvalue weighted by Gasteiger charge is -2.24. The first-order valence-corrected chi connectivity index (χ1v) is 6.72. The number of para-hydroxylation sites is 1. The van der Waals surface area contributed by atoms with Crippen LogP contribution in [0.15, 0.2) is 30.3 Å². The lowest BCUT2D eigenvalue weighted by molar-refractivity contribution is -0.136. The van der Waals surface area contributed by atoms with Gasteiger partial charge in [-0.3, -0.25) is 4.79 Å². The van der Waals surface area contributed by atoms with Crippen LogP contribution in [0.1, 0.15) is 36.2 Å². The van der Waals surface area contributed by atoms with Crippen LogP contribution in [-0.4, -0.2) is 22.5 Å². The van der Waals surface area contributed by atoms with Crippen LogP contribution >= 0.6 is 0 Å². The van der Waals surface area contributed by atoms with E-state index in [1.54, 1.807) is 6.07 Å². The molecule has 1 heterocycles. The number of fused-ring (bicyclic) bond motifs is 1. The summed E-state index contributed by atoms with van der Waals surface area (Å²) in [7, 11) is 0. The number of esters is 1. The Morgan fingerprint density at radius 1 is 1.20 bits per heavy atom. The second kappa shape index (κ2) is 4.67. The molecule has 1 aromatic carbocycles. The number of ether oxygens (including phenoxy) is 1. The number of rotatable bonds is 3. The molecule has 5 heteroatoms. The zero-order chi connectivity index (χ0) is 14.2. The van der Waals surface area contributed by atoms with Crippen LogP contribution in [0.3, 0.4) is 0 Å².